The first kappa shape index (κ1) is 15.5. The van der Waals surface area contributed by atoms with E-state index < -0.39 is 0 Å². The number of H-pyrrole nitrogens is 1. The predicted molar refractivity (Wildman–Crippen MR) is 83.1 cm³/mol. The van der Waals surface area contributed by atoms with Crippen molar-refractivity contribution in [3.8, 4) is 0 Å². The molecule has 18 heavy (non-hydrogen) atoms. The molecule has 2 aromatic rings. The summed E-state index contributed by atoms with van der Waals surface area (Å²) in [6.07, 6.45) is 5.12. The number of unbranched alkanes of at least 4 members (excludes halogenated alkanes) is 1. The standard InChI is InChI=1S/C13H18BrN3.ClH/c14-9-4-5-13-10(7-9)11(8-17-13)12(16)3-1-2-6-15;/h4-5,7-8,12,17H,1-3,6,15-16H2;1H/t12-;/m1./s1. The van der Waals surface area contributed by atoms with E-state index in [0.29, 0.717) is 0 Å². The Kier molecular flexibility index (Phi) is 6.15. The maximum absolute atomic E-state index is 6.22. The van der Waals surface area contributed by atoms with E-state index in [4.69, 9.17) is 11.5 Å². The van der Waals surface area contributed by atoms with Gasteiger partial charge in [-0.3, -0.25) is 0 Å². The highest BCUT2D eigenvalue weighted by atomic mass is 79.9. The molecule has 1 aromatic heterocycles. The van der Waals surface area contributed by atoms with E-state index >= 15 is 0 Å². The molecule has 0 fully saturated rings. The van der Waals surface area contributed by atoms with Gasteiger partial charge in [0.1, 0.15) is 0 Å². The van der Waals surface area contributed by atoms with E-state index in [1.54, 1.807) is 0 Å². The molecule has 0 aliphatic carbocycles. The van der Waals surface area contributed by atoms with Crippen molar-refractivity contribution in [2.24, 2.45) is 11.5 Å². The molecule has 0 unspecified atom stereocenters. The molecule has 3 nitrogen and oxygen atoms in total. The summed E-state index contributed by atoms with van der Waals surface area (Å²) in [6, 6.07) is 6.30. The van der Waals surface area contributed by atoms with E-state index in [2.05, 4.69) is 33.0 Å². The molecule has 0 spiro atoms. The molecule has 0 bridgehead atoms. The van der Waals surface area contributed by atoms with Crippen LogP contribution in [0, 0.1) is 0 Å². The summed E-state index contributed by atoms with van der Waals surface area (Å²) < 4.78 is 1.08. The van der Waals surface area contributed by atoms with Gasteiger partial charge in [-0.25, -0.2) is 0 Å². The monoisotopic (exact) mass is 331 g/mol. The van der Waals surface area contributed by atoms with Crippen LogP contribution in [0.2, 0.25) is 0 Å². The Morgan fingerprint density at radius 1 is 1.28 bits per heavy atom. The van der Waals surface area contributed by atoms with Gasteiger partial charge in [0.15, 0.2) is 0 Å². The average molecular weight is 333 g/mol. The number of hydrogen-bond donors (Lipinski definition) is 3. The Bertz CT molecular complexity index is 498. The van der Waals surface area contributed by atoms with Gasteiger partial charge in [-0.2, -0.15) is 0 Å². The molecule has 100 valence electrons. The Balaban J connectivity index is 0.00000162. The molecule has 0 saturated heterocycles. The Morgan fingerprint density at radius 2 is 2.06 bits per heavy atom. The molecule has 5 heteroatoms. The van der Waals surface area contributed by atoms with Crippen LogP contribution in [0.1, 0.15) is 30.9 Å². The number of nitrogens with one attached hydrogen (secondary N) is 1. The summed E-state index contributed by atoms with van der Waals surface area (Å²) in [7, 11) is 0. The van der Waals surface area contributed by atoms with Crippen LogP contribution < -0.4 is 11.5 Å². The summed E-state index contributed by atoms with van der Waals surface area (Å²) in [5, 5.41) is 1.21. The maximum Gasteiger partial charge on any atom is 0.0458 e. The number of nitrogens with two attached hydrogens (primary N) is 2. The number of rotatable bonds is 5. The van der Waals surface area contributed by atoms with Crippen molar-refractivity contribution in [1.82, 2.24) is 4.98 Å². The van der Waals surface area contributed by atoms with E-state index in [-0.39, 0.29) is 18.4 Å². The maximum atomic E-state index is 6.22. The minimum Gasteiger partial charge on any atom is -0.361 e. The highest BCUT2D eigenvalue weighted by Crippen LogP contribution is 2.28. The van der Waals surface area contributed by atoms with Crippen molar-refractivity contribution in [1.29, 1.82) is 0 Å². The molecule has 1 heterocycles. The lowest BCUT2D eigenvalue weighted by Crippen LogP contribution is -2.10. The van der Waals surface area contributed by atoms with Gasteiger partial charge in [0.25, 0.3) is 0 Å². The molecule has 0 amide bonds. The van der Waals surface area contributed by atoms with Gasteiger partial charge in [0.2, 0.25) is 0 Å². The van der Waals surface area contributed by atoms with Gasteiger partial charge >= 0.3 is 0 Å². The molecule has 5 N–H and O–H groups in total. The molecular weight excluding hydrogens is 314 g/mol. The van der Waals surface area contributed by atoms with Crippen LogP contribution in [0.5, 0.6) is 0 Å². The van der Waals surface area contributed by atoms with Gasteiger partial charge in [-0.15, -0.1) is 12.4 Å². The second-order valence-electron chi connectivity index (χ2n) is 4.32. The quantitative estimate of drug-likeness (QED) is 0.734. The number of benzene rings is 1. The van der Waals surface area contributed by atoms with Crippen LogP contribution in [0.25, 0.3) is 10.9 Å². The van der Waals surface area contributed by atoms with Crippen molar-refractivity contribution in [3.63, 3.8) is 0 Å². The van der Waals surface area contributed by atoms with Crippen LogP contribution in [0.4, 0.5) is 0 Å². The first-order chi connectivity index (χ1) is 8.22. The van der Waals surface area contributed by atoms with Crippen LogP contribution in [-0.2, 0) is 0 Å². The van der Waals surface area contributed by atoms with Crippen LogP contribution in [0.3, 0.4) is 0 Å². The largest absolute Gasteiger partial charge is 0.361 e. The van der Waals surface area contributed by atoms with Crippen molar-refractivity contribution in [2.75, 3.05) is 6.54 Å². The Morgan fingerprint density at radius 3 is 2.78 bits per heavy atom. The summed E-state index contributed by atoms with van der Waals surface area (Å²) in [5.74, 6) is 0. The third-order valence-electron chi connectivity index (χ3n) is 3.04. The highest BCUT2D eigenvalue weighted by Gasteiger charge is 2.11. The molecule has 1 atom stereocenters. The fourth-order valence-electron chi connectivity index (χ4n) is 2.09. The average Bonchev–Trinajstić information content (AvgIpc) is 2.72. The number of aromatic nitrogens is 1. The molecule has 2 rings (SSSR count). The summed E-state index contributed by atoms with van der Waals surface area (Å²) in [4.78, 5) is 3.26. The second kappa shape index (κ2) is 7.14. The number of aromatic amines is 1. The van der Waals surface area contributed by atoms with Crippen LogP contribution in [-0.4, -0.2) is 11.5 Å². The fraction of sp³-hybridized carbons (Fsp3) is 0.385. The first-order valence-electron chi connectivity index (χ1n) is 5.94. The summed E-state index contributed by atoms with van der Waals surface area (Å²) >= 11 is 3.49. The summed E-state index contributed by atoms with van der Waals surface area (Å²) in [6.45, 7) is 0.742. The van der Waals surface area contributed by atoms with Crippen molar-refractivity contribution < 1.29 is 0 Å². The van der Waals surface area contributed by atoms with Gasteiger partial charge in [-0.05, 0) is 43.1 Å². The number of fused-ring (bicyclic) bond motifs is 1. The van der Waals surface area contributed by atoms with Crippen LogP contribution >= 0.6 is 28.3 Å². The zero-order valence-electron chi connectivity index (χ0n) is 10.2. The fourth-order valence-corrected chi connectivity index (χ4v) is 2.45. The summed E-state index contributed by atoms with van der Waals surface area (Å²) in [5.41, 5.74) is 14.0. The minimum absolute atomic E-state index is 0. The van der Waals surface area contributed by atoms with E-state index in [1.807, 2.05) is 12.3 Å². The van der Waals surface area contributed by atoms with Crippen LogP contribution in [0.15, 0.2) is 28.9 Å². The lowest BCUT2D eigenvalue weighted by atomic mass is 10.0. The second-order valence-corrected chi connectivity index (χ2v) is 5.24. The highest BCUT2D eigenvalue weighted by molar-refractivity contribution is 9.10. The zero-order chi connectivity index (χ0) is 12.3. The first-order valence-corrected chi connectivity index (χ1v) is 6.74. The molecule has 0 aliphatic heterocycles. The molecule has 0 aliphatic rings. The number of hydrogen-bond acceptors (Lipinski definition) is 2. The van der Waals surface area contributed by atoms with Crippen molar-refractivity contribution in [3.05, 3.63) is 34.4 Å². The molecular formula is C13H19BrClN3. The zero-order valence-corrected chi connectivity index (χ0v) is 12.6. The van der Waals surface area contributed by atoms with Crippen molar-refractivity contribution >= 4 is 39.2 Å². The van der Waals surface area contributed by atoms with Gasteiger partial charge in [0.05, 0.1) is 0 Å². The number of halogens is 2. The van der Waals surface area contributed by atoms with E-state index in [1.165, 1.54) is 10.9 Å². The molecule has 0 saturated carbocycles. The third kappa shape index (κ3) is 3.48. The van der Waals surface area contributed by atoms with Gasteiger partial charge in [0, 0.05) is 27.6 Å². The lowest BCUT2D eigenvalue weighted by molar-refractivity contribution is 0.594. The third-order valence-corrected chi connectivity index (χ3v) is 3.54. The van der Waals surface area contributed by atoms with Gasteiger partial charge in [-0.1, -0.05) is 22.4 Å². The minimum atomic E-state index is 0. The Labute approximate surface area is 122 Å². The van der Waals surface area contributed by atoms with E-state index in [9.17, 15) is 0 Å². The Hall–Kier alpha value is -0.550. The molecule has 0 radical (unpaired) electrons. The smallest absolute Gasteiger partial charge is 0.0458 e. The molecule has 1 aromatic carbocycles. The predicted octanol–water partition coefficient (Wildman–Crippen LogP) is 3.48. The van der Waals surface area contributed by atoms with Gasteiger partial charge < -0.3 is 16.5 Å². The van der Waals surface area contributed by atoms with E-state index in [0.717, 1.165) is 35.8 Å². The lowest BCUT2D eigenvalue weighted by Gasteiger charge is -2.10. The van der Waals surface area contributed by atoms with Crippen molar-refractivity contribution in [2.45, 2.75) is 25.3 Å². The topological polar surface area (TPSA) is 67.8 Å². The normalized spacial score (nSPS) is 12.4. The SMILES string of the molecule is Cl.NCCCC[C@@H](N)c1c[nH]c2ccc(Br)cc12.